The van der Waals surface area contributed by atoms with Gasteiger partial charge in [0.25, 0.3) is 0 Å². The third-order valence-corrected chi connectivity index (χ3v) is 2.55. The molecule has 0 aromatic carbocycles. The SMILES string of the molecule is CCc1nc(NN)c(C)c(NCC(=O)N(C)C)n1. The second-order valence-electron chi connectivity index (χ2n) is 4.10. The lowest BCUT2D eigenvalue weighted by atomic mass is 10.3. The average Bonchev–Trinajstić information content (AvgIpc) is 2.36. The van der Waals surface area contributed by atoms with Gasteiger partial charge >= 0.3 is 0 Å². The number of hydrogen-bond acceptors (Lipinski definition) is 6. The van der Waals surface area contributed by atoms with E-state index in [0.717, 1.165) is 5.56 Å². The molecule has 0 saturated carbocycles. The first-order valence-electron chi connectivity index (χ1n) is 5.77. The fraction of sp³-hybridized carbons (Fsp3) is 0.545. The van der Waals surface area contributed by atoms with Gasteiger partial charge in [-0.1, -0.05) is 6.92 Å². The number of carbonyl (C=O) groups excluding carboxylic acids is 1. The van der Waals surface area contributed by atoms with E-state index in [1.54, 1.807) is 14.1 Å². The van der Waals surface area contributed by atoms with Gasteiger partial charge in [-0.05, 0) is 6.92 Å². The molecule has 1 aromatic rings. The van der Waals surface area contributed by atoms with Crippen LogP contribution in [-0.2, 0) is 11.2 Å². The zero-order valence-electron chi connectivity index (χ0n) is 11.2. The Morgan fingerprint density at radius 3 is 2.44 bits per heavy atom. The Hall–Kier alpha value is -1.89. The Morgan fingerprint density at radius 1 is 1.33 bits per heavy atom. The topological polar surface area (TPSA) is 96.2 Å². The van der Waals surface area contributed by atoms with Crippen molar-refractivity contribution in [3.63, 3.8) is 0 Å². The second kappa shape index (κ2) is 6.15. The summed E-state index contributed by atoms with van der Waals surface area (Å²) >= 11 is 0. The van der Waals surface area contributed by atoms with Crippen LogP contribution in [0.25, 0.3) is 0 Å². The van der Waals surface area contributed by atoms with Crippen molar-refractivity contribution in [3.05, 3.63) is 11.4 Å². The van der Waals surface area contributed by atoms with E-state index >= 15 is 0 Å². The van der Waals surface area contributed by atoms with E-state index in [4.69, 9.17) is 5.84 Å². The standard InChI is InChI=1S/C11H20N6O/c1-5-8-14-10(7(2)11(15-8)16-12)13-6-9(18)17(3)4/h5-6,12H2,1-4H3,(H2,13,14,15,16). The number of nitrogen functional groups attached to an aromatic ring is 1. The van der Waals surface area contributed by atoms with Crippen LogP contribution in [0, 0.1) is 6.92 Å². The highest BCUT2D eigenvalue weighted by Gasteiger charge is 2.11. The van der Waals surface area contributed by atoms with E-state index < -0.39 is 0 Å². The molecule has 100 valence electrons. The van der Waals surface area contributed by atoms with E-state index in [9.17, 15) is 4.79 Å². The highest BCUT2D eigenvalue weighted by molar-refractivity contribution is 5.80. The zero-order valence-corrected chi connectivity index (χ0v) is 11.2. The van der Waals surface area contributed by atoms with E-state index in [1.165, 1.54) is 4.90 Å². The number of aryl methyl sites for hydroxylation is 1. The molecule has 18 heavy (non-hydrogen) atoms. The smallest absolute Gasteiger partial charge is 0.241 e. The number of anilines is 2. The quantitative estimate of drug-likeness (QED) is 0.509. The van der Waals surface area contributed by atoms with E-state index in [-0.39, 0.29) is 12.5 Å². The first kappa shape index (κ1) is 14.2. The molecule has 0 bridgehead atoms. The number of nitrogens with zero attached hydrogens (tertiary/aromatic N) is 3. The number of carbonyl (C=O) groups is 1. The summed E-state index contributed by atoms with van der Waals surface area (Å²) in [6.45, 7) is 3.99. The van der Waals surface area contributed by atoms with Crippen molar-refractivity contribution in [2.75, 3.05) is 31.4 Å². The molecule has 1 heterocycles. The van der Waals surface area contributed by atoms with Crippen LogP contribution in [0.1, 0.15) is 18.3 Å². The summed E-state index contributed by atoms with van der Waals surface area (Å²) in [6, 6.07) is 0. The van der Waals surface area contributed by atoms with Crippen LogP contribution >= 0.6 is 0 Å². The first-order chi connectivity index (χ1) is 8.49. The number of amides is 1. The largest absolute Gasteiger partial charge is 0.361 e. The van der Waals surface area contributed by atoms with Crippen LogP contribution in [0.4, 0.5) is 11.6 Å². The van der Waals surface area contributed by atoms with E-state index in [2.05, 4.69) is 20.7 Å². The predicted molar refractivity (Wildman–Crippen MR) is 71.1 cm³/mol. The van der Waals surface area contributed by atoms with Gasteiger partial charge in [0.15, 0.2) is 0 Å². The summed E-state index contributed by atoms with van der Waals surface area (Å²) < 4.78 is 0. The van der Waals surface area contributed by atoms with Crippen molar-refractivity contribution in [3.8, 4) is 0 Å². The van der Waals surface area contributed by atoms with Gasteiger partial charge in [0, 0.05) is 26.1 Å². The number of rotatable bonds is 5. The number of aromatic nitrogens is 2. The molecule has 0 aliphatic rings. The lowest BCUT2D eigenvalue weighted by Crippen LogP contribution is -2.29. The zero-order chi connectivity index (χ0) is 13.7. The van der Waals surface area contributed by atoms with E-state index in [1.807, 2.05) is 13.8 Å². The van der Waals surface area contributed by atoms with Gasteiger partial charge in [-0.3, -0.25) is 4.79 Å². The van der Waals surface area contributed by atoms with Crippen LogP contribution < -0.4 is 16.6 Å². The molecule has 1 aromatic heterocycles. The fourth-order valence-corrected chi connectivity index (χ4v) is 1.35. The lowest BCUT2D eigenvalue weighted by Gasteiger charge is -2.15. The minimum absolute atomic E-state index is 0.0201. The molecule has 1 amide bonds. The Labute approximate surface area is 107 Å². The Bertz CT molecular complexity index is 432. The molecule has 4 N–H and O–H groups in total. The van der Waals surface area contributed by atoms with Gasteiger partial charge < -0.3 is 15.6 Å². The van der Waals surface area contributed by atoms with Crippen LogP contribution in [-0.4, -0.2) is 41.4 Å². The molecule has 0 fully saturated rings. The maximum absolute atomic E-state index is 11.5. The summed E-state index contributed by atoms with van der Waals surface area (Å²) in [5.74, 6) is 7.26. The van der Waals surface area contributed by atoms with Crippen molar-refractivity contribution >= 4 is 17.5 Å². The van der Waals surface area contributed by atoms with Gasteiger partial charge in [-0.2, -0.15) is 0 Å². The third-order valence-electron chi connectivity index (χ3n) is 2.55. The second-order valence-corrected chi connectivity index (χ2v) is 4.10. The van der Waals surface area contributed by atoms with Crippen molar-refractivity contribution in [2.24, 2.45) is 5.84 Å². The van der Waals surface area contributed by atoms with Crippen LogP contribution in [0.2, 0.25) is 0 Å². The normalized spacial score (nSPS) is 10.1. The Morgan fingerprint density at radius 2 is 1.94 bits per heavy atom. The number of hydrogen-bond donors (Lipinski definition) is 3. The van der Waals surface area contributed by atoms with Crippen LogP contribution in [0.15, 0.2) is 0 Å². The fourth-order valence-electron chi connectivity index (χ4n) is 1.35. The number of likely N-dealkylation sites (N-methyl/N-ethyl adjacent to an activating group) is 1. The molecular formula is C11H20N6O. The van der Waals surface area contributed by atoms with Gasteiger partial charge in [0.05, 0.1) is 6.54 Å². The summed E-state index contributed by atoms with van der Waals surface area (Å²) in [7, 11) is 3.42. The van der Waals surface area contributed by atoms with Gasteiger partial charge in [-0.15, -0.1) is 0 Å². The molecule has 0 aliphatic carbocycles. The highest BCUT2D eigenvalue weighted by atomic mass is 16.2. The number of nitrogens with two attached hydrogens (primary N) is 1. The maximum atomic E-state index is 11.5. The van der Waals surface area contributed by atoms with Crippen LogP contribution in [0.5, 0.6) is 0 Å². The molecule has 1 rings (SSSR count). The summed E-state index contributed by atoms with van der Waals surface area (Å²) in [4.78, 5) is 21.6. The molecule has 0 atom stereocenters. The van der Waals surface area contributed by atoms with Crippen molar-refractivity contribution < 1.29 is 4.79 Å². The Balaban J connectivity index is 2.90. The van der Waals surface area contributed by atoms with Gasteiger partial charge in [-0.25, -0.2) is 15.8 Å². The predicted octanol–water partition coefficient (Wildman–Crippen LogP) is 0.133. The lowest BCUT2D eigenvalue weighted by molar-refractivity contribution is -0.126. The summed E-state index contributed by atoms with van der Waals surface area (Å²) in [5.41, 5.74) is 3.33. The average molecular weight is 252 g/mol. The van der Waals surface area contributed by atoms with Crippen LogP contribution in [0.3, 0.4) is 0 Å². The molecule has 0 saturated heterocycles. The minimum Gasteiger partial charge on any atom is -0.361 e. The van der Waals surface area contributed by atoms with Gasteiger partial charge in [0.1, 0.15) is 17.5 Å². The molecular weight excluding hydrogens is 232 g/mol. The summed E-state index contributed by atoms with van der Waals surface area (Å²) in [6.07, 6.45) is 0.700. The molecule has 0 aliphatic heterocycles. The molecule has 0 radical (unpaired) electrons. The summed E-state index contributed by atoms with van der Waals surface area (Å²) in [5, 5.41) is 3.01. The van der Waals surface area contributed by atoms with E-state index in [0.29, 0.717) is 23.9 Å². The maximum Gasteiger partial charge on any atom is 0.241 e. The first-order valence-corrected chi connectivity index (χ1v) is 5.77. The highest BCUT2D eigenvalue weighted by Crippen LogP contribution is 2.19. The van der Waals surface area contributed by atoms with Crippen molar-refractivity contribution in [2.45, 2.75) is 20.3 Å². The third kappa shape index (κ3) is 3.30. The molecule has 0 spiro atoms. The number of nitrogens with one attached hydrogen (secondary N) is 2. The molecule has 0 unspecified atom stereocenters. The molecule has 7 heteroatoms. The Kier molecular flexibility index (Phi) is 4.85. The molecule has 7 nitrogen and oxygen atoms in total. The van der Waals surface area contributed by atoms with Crippen molar-refractivity contribution in [1.82, 2.24) is 14.9 Å². The minimum atomic E-state index is -0.0201. The number of hydrazine groups is 1. The van der Waals surface area contributed by atoms with Gasteiger partial charge in [0.2, 0.25) is 5.91 Å². The monoisotopic (exact) mass is 252 g/mol. The van der Waals surface area contributed by atoms with Crippen molar-refractivity contribution in [1.29, 1.82) is 0 Å².